The number of aromatic nitrogens is 1. The van der Waals surface area contributed by atoms with Crippen LogP contribution in [-0.4, -0.2) is 59.9 Å². The molecule has 0 bridgehead atoms. The molecule has 0 spiro atoms. The number of aryl methyl sites for hydroxylation is 1. The third-order valence-electron chi connectivity index (χ3n) is 5.31. The third kappa shape index (κ3) is 5.64. The summed E-state index contributed by atoms with van der Waals surface area (Å²) in [5, 5.41) is 0. The number of pyridine rings is 1. The van der Waals surface area contributed by atoms with E-state index in [9.17, 15) is 9.59 Å². The number of carbonyl (C=O) groups excluding carboxylic acids is 2. The number of piperidine rings is 1. The molecular formula is C23H29N3O3. The van der Waals surface area contributed by atoms with E-state index in [-0.39, 0.29) is 17.7 Å². The maximum atomic E-state index is 13.3. The second-order valence-electron chi connectivity index (χ2n) is 7.53. The lowest BCUT2D eigenvalue weighted by molar-refractivity contribution is -0.138. The van der Waals surface area contributed by atoms with Crippen molar-refractivity contribution in [2.75, 3.05) is 33.4 Å². The number of nitrogens with zero attached hydrogens (tertiary/aromatic N) is 3. The molecule has 2 heterocycles. The molecule has 1 aromatic carbocycles. The van der Waals surface area contributed by atoms with Crippen molar-refractivity contribution in [1.29, 1.82) is 0 Å². The quantitative estimate of drug-likeness (QED) is 0.723. The summed E-state index contributed by atoms with van der Waals surface area (Å²) in [7, 11) is 1.63. The zero-order valence-electron chi connectivity index (χ0n) is 17.2. The van der Waals surface area contributed by atoms with Gasteiger partial charge in [0, 0.05) is 38.5 Å². The van der Waals surface area contributed by atoms with Gasteiger partial charge < -0.3 is 14.5 Å². The number of methoxy groups -OCH3 is 1. The molecule has 0 saturated carbocycles. The topological polar surface area (TPSA) is 62.7 Å². The number of likely N-dealkylation sites (tertiary alicyclic amines) is 1. The zero-order valence-corrected chi connectivity index (χ0v) is 17.2. The molecule has 1 aliphatic heterocycles. The van der Waals surface area contributed by atoms with E-state index in [2.05, 4.69) is 4.98 Å². The largest absolute Gasteiger partial charge is 0.383 e. The molecule has 0 N–H and O–H groups in total. The molecule has 1 aromatic heterocycles. The van der Waals surface area contributed by atoms with E-state index in [1.54, 1.807) is 18.2 Å². The van der Waals surface area contributed by atoms with Crippen LogP contribution in [-0.2, 0) is 16.1 Å². The minimum absolute atomic E-state index is 0.00401. The molecule has 1 saturated heterocycles. The van der Waals surface area contributed by atoms with Crippen LogP contribution in [0.5, 0.6) is 0 Å². The van der Waals surface area contributed by atoms with Gasteiger partial charge in [-0.25, -0.2) is 0 Å². The van der Waals surface area contributed by atoms with E-state index >= 15 is 0 Å². The predicted molar refractivity (Wildman–Crippen MR) is 111 cm³/mol. The van der Waals surface area contributed by atoms with Crippen molar-refractivity contribution in [1.82, 2.24) is 14.8 Å². The van der Waals surface area contributed by atoms with Crippen molar-refractivity contribution in [2.24, 2.45) is 5.92 Å². The molecule has 1 fully saturated rings. The molecule has 6 nitrogen and oxygen atoms in total. The Hall–Kier alpha value is -2.73. The molecule has 0 radical (unpaired) electrons. The van der Waals surface area contributed by atoms with Crippen LogP contribution in [0.2, 0.25) is 0 Å². The average Bonchev–Trinajstić information content (AvgIpc) is 2.77. The molecule has 2 aromatic rings. The highest BCUT2D eigenvalue weighted by Gasteiger charge is 2.31. The van der Waals surface area contributed by atoms with E-state index in [0.29, 0.717) is 38.3 Å². The Morgan fingerprint density at radius 3 is 2.69 bits per heavy atom. The van der Waals surface area contributed by atoms with E-state index < -0.39 is 0 Å². The first kappa shape index (κ1) is 21.0. The van der Waals surface area contributed by atoms with Crippen LogP contribution in [0.1, 0.15) is 34.5 Å². The van der Waals surface area contributed by atoms with Gasteiger partial charge in [-0.2, -0.15) is 0 Å². The van der Waals surface area contributed by atoms with Crippen LogP contribution in [0, 0.1) is 12.8 Å². The van der Waals surface area contributed by atoms with Crippen LogP contribution in [0.25, 0.3) is 0 Å². The number of rotatable bonds is 7. The lowest BCUT2D eigenvalue weighted by Crippen LogP contribution is -2.47. The van der Waals surface area contributed by atoms with Crippen LogP contribution >= 0.6 is 0 Å². The third-order valence-corrected chi connectivity index (χ3v) is 5.31. The second-order valence-corrected chi connectivity index (χ2v) is 7.53. The molecular weight excluding hydrogens is 366 g/mol. The number of ether oxygens (including phenoxy) is 1. The molecule has 6 heteroatoms. The monoisotopic (exact) mass is 395 g/mol. The highest BCUT2D eigenvalue weighted by molar-refractivity contribution is 5.94. The summed E-state index contributed by atoms with van der Waals surface area (Å²) in [6.07, 6.45) is 3.36. The normalized spacial score (nSPS) is 16.5. The molecule has 2 amide bonds. The molecule has 1 atom stereocenters. The summed E-state index contributed by atoms with van der Waals surface area (Å²) in [5.74, 6) is -0.136. The van der Waals surface area contributed by atoms with Crippen molar-refractivity contribution in [3.63, 3.8) is 0 Å². The fraction of sp³-hybridized carbons (Fsp3) is 0.435. The van der Waals surface area contributed by atoms with Crippen LogP contribution in [0.4, 0.5) is 0 Å². The first-order chi connectivity index (χ1) is 14.1. The average molecular weight is 396 g/mol. The Labute approximate surface area is 172 Å². The summed E-state index contributed by atoms with van der Waals surface area (Å²) in [6.45, 7) is 4.57. The number of hydrogen-bond donors (Lipinski definition) is 0. The van der Waals surface area contributed by atoms with Gasteiger partial charge in [-0.05, 0) is 44.0 Å². The Balaban J connectivity index is 1.68. The Morgan fingerprint density at radius 1 is 1.21 bits per heavy atom. The van der Waals surface area contributed by atoms with Gasteiger partial charge in [-0.1, -0.05) is 23.8 Å². The van der Waals surface area contributed by atoms with Crippen molar-refractivity contribution < 1.29 is 14.3 Å². The fourth-order valence-electron chi connectivity index (χ4n) is 3.66. The van der Waals surface area contributed by atoms with Crippen LogP contribution < -0.4 is 0 Å². The van der Waals surface area contributed by atoms with Crippen LogP contribution in [0.15, 0.2) is 48.7 Å². The van der Waals surface area contributed by atoms with E-state index in [1.807, 2.05) is 54.3 Å². The first-order valence-corrected chi connectivity index (χ1v) is 10.1. The van der Waals surface area contributed by atoms with Gasteiger partial charge in [0.15, 0.2) is 0 Å². The SMILES string of the molecule is COCCN(Cc1ccccn1)C(=O)C1CCCN(C(=O)c2ccc(C)cc2)C1. The highest BCUT2D eigenvalue weighted by Crippen LogP contribution is 2.22. The maximum absolute atomic E-state index is 13.3. The number of hydrogen-bond acceptors (Lipinski definition) is 4. The minimum atomic E-state index is -0.196. The molecule has 3 rings (SSSR count). The van der Waals surface area contributed by atoms with Gasteiger partial charge in [0.05, 0.1) is 24.8 Å². The van der Waals surface area contributed by atoms with E-state index in [4.69, 9.17) is 4.74 Å². The number of benzene rings is 1. The second kappa shape index (κ2) is 10.2. The van der Waals surface area contributed by atoms with E-state index in [1.165, 1.54) is 0 Å². The van der Waals surface area contributed by atoms with Gasteiger partial charge in [0.2, 0.25) is 5.91 Å². The summed E-state index contributed by atoms with van der Waals surface area (Å²) >= 11 is 0. The van der Waals surface area contributed by atoms with E-state index in [0.717, 1.165) is 24.1 Å². The van der Waals surface area contributed by atoms with Gasteiger partial charge in [-0.15, -0.1) is 0 Å². The van der Waals surface area contributed by atoms with Gasteiger partial charge in [0.1, 0.15) is 0 Å². The lowest BCUT2D eigenvalue weighted by Gasteiger charge is -2.35. The lowest BCUT2D eigenvalue weighted by atomic mass is 9.95. The fourth-order valence-corrected chi connectivity index (χ4v) is 3.66. The minimum Gasteiger partial charge on any atom is -0.383 e. The van der Waals surface area contributed by atoms with Gasteiger partial charge in [-0.3, -0.25) is 14.6 Å². The summed E-state index contributed by atoms with van der Waals surface area (Å²) in [5.41, 5.74) is 2.64. The molecule has 29 heavy (non-hydrogen) atoms. The Bertz CT molecular complexity index is 808. The standard InChI is InChI=1S/C23H29N3O3/c1-18-8-10-19(11-9-18)22(27)25-13-5-6-20(16-25)23(28)26(14-15-29-2)17-21-7-3-4-12-24-21/h3-4,7-12,20H,5-6,13-17H2,1-2H3. The zero-order chi connectivity index (χ0) is 20.6. The summed E-state index contributed by atoms with van der Waals surface area (Å²) in [4.78, 5) is 34.1. The van der Waals surface area contributed by atoms with Gasteiger partial charge >= 0.3 is 0 Å². The Morgan fingerprint density at radius 2 is 2.00 bits per heavy atom. The number of carbonyl (C=O) groups is 2. The maximum Gasteiger partial charge on any atom is 0.253 e. The van der Waals surface area contributed by atoms with Crippen molar-refractivity contribution in [3.05, 3.63) is 65.5 Å². The highest BCUT2D eigenvalue weighted by atomic mass is 16.5. The van der Waals surface area contributed by atoms with Crippen LogP contribution in [0.3, 0.4) is 0 Å². The van der Waals surface area contributed by atoms with Crippen molar-refractivity contribution in [3.8, 4) is 0 Å². The van der Waals surface area contributed by atoms with Crippen molar-refractivity contribution >= 4 is 11.8 Å². The predicted octanol–water partition coefficient (Wildman–Crippen LogP) is 2.92. The first-order valence-electron chi connectivity index (χ1n) is 10.1. The molecule has 154 valence electrons. The molecule has 1 unspecified atom stereocenters. The molecule has 1 aliphatic rings. The van der Waals surface area contributed by atoms with Crippen molar-refractivity contribution in [2.45, 2.75) is 26.3 Å². The summed E-state index contributed by atoms with van der Waals surface area (Å²) in [6, 6.07) is 13.3. The summed E-state index contributed by atoms with van der Waals surface area (Å²) < 4.78 is 5.20. The van der Waals surface area contributed by atoms with Gasteiger partial charge in [0.25, 0.3) is 5.91 Å². The molecule has 0 aliphatic carbocycles. The number of amides is 2. The smallest absolute Gasteiger partial charge is 0.253 e. The Kier molecular flexibility index (Phi) is 7.36.